The summed E-state index contributed by atoms with van der Waals surface area (Å²) in [4.78, 5) is 34.6. The minimum absolute atomic E-state index is 0.0998. The lowest BCUT2D eigenvalue weighted by Gasteiger charge is -2.12. The van der Waals surface area contributed by atoms with Crippen molar-refractivity contribution in [3.8, 4) is 11.3 Å². The molecule has 0 fully saturated rings. The molecule has 4 aromatic rings. The number of nitrogens with zero attached hydrogens (tertiary/aromatic N) is 5. The SMILES string of the molecule is CN(C)CCNC(=O)c1ccc(-c2nc3cnccn3c2Nc2ccc3c(c2)CCC3N=O)cc1. The van der Waals surface area contributed by atoms with Crippen LogP contribution in [0.5, 0.6) is 0 Å². The summed E-state index contributed by atoms with van der Waals surface area (Å²) in [7, 11) is 3.94. The van der Waals surface area contributed by atoms with Gasteiger partial charge in [0.05, 0.1) is 6.20 Å². The molecule has 0 bridgehead atoms. The number of hydrogen-bond donors (Lipinski definition) is 2. The van der Waals surface area contributed by atoms with Gasteiger partial charge in [0, 0.05) is 42.3 Å². The smallest absolute Gasteiger partial charge is 0.251 e. The Hall–Kier alpha value is -4.11. The van der Waals surface area contributed by atoms with Gasteiger partial charge in [0.25, 0.3) is 5.91 Å². The highest BCUT2D eigenvalue weighted by molar-refractivity contribution is 5.95. The van der Waals surface area contributed by atoms with Gasteiger partial charge < -0.3 is 15.5 Å². The molecule has 1 atom stereocenters. The van der Waals surface area contributed by atoms with Crippen LogP contribution in [0.3, 0.4) is 0 Å². The molecule has 178 valence electrons. The lowest BCUT2D eigenvalue weighted by Crippen LogP contribution is -2.31. The Balaban J connectivity index is 1.44. The summed E-state index contributed by atoms with van der Waals surface area (Å²) in [6.07, 6.45) is 6.88. The van der Waals surface area contributed by atoms with Crippen LogP contribution in [-0.4, -0.2) is 52.4 Å². The Labute approximate surface area is 203 Å². The number of imidazole rings is 1. The zero-order valence-corrected chi connectivity index (χ0v) is 19.7. The van der Waals surface area contributed by atoms with Crippen molar-refractivity contribution >= 4 is 23.1 Å². The maximum atomic E-state index is 12.5. The van der Waals surface area contributed by atoms with Crippen molar-refractivity contribution in [2.75, 3.05) is 32.5 Å². The molecule has 0 saturated carbocycles. The van der Waals surface area contributed by atoms with Gasteiger partial charge in [-0.15, -0.1) is 0 Å². The summed E-state index contributed by atoms with van der Waals surface area (Å²) in [5.41, 5.74) is 6.00. The van der Waals surface area contributed by atoms with Gasteiger partial charge in [-0.1, -0.05) is 23.4 Å². The van der Waals surface area contributed by atoms with Gasteiger partial charge in [-0.05, 0) is 62.3 Å². The zero-order chi connectivity index (χ0) is 24.4. The number of nitroso groups, excluding NO2 is 1. The number of carbonyl (C=O) groups excluding carboxylic acids is 1. The van der Waals surface area contributed by atoms with Crippen molar-refractivity contribution in [2.45, 2.75) is 18.9 Å². The molecule has 1 unspecified atom stereocenters. The first-order valence-corrected chi connectivity index (χ1v) is 11.6. The van der Waals surface area contributed by atoms with Crippen LogP contribution in [0.15, 0.2) is 66.2 Å². The second kappa shape index (κ2) is 9.63. The van der Waals surface area contributed by atoms with E-state index in [2.05, 4.69) is 26.9 Å². The molecule has 2 heterocycles. The molecule has 0 aliphatic heterocycles. The number of nitrogens with one attached hydrogen (secondary N) is 2. The van der Waals surface area contributed by atoms with Gasteiger partial charge in [-0.2, -0.15) is 4.91 Å². The fourth-order valence-corrected chi connectivity index (χ4v) is 4.42. The molecule has 0 radical (unpaired) electrons. The van der Waals surface area contributed by atoms with Gasteiger partial charge in [0.2, 0.25) is 0 Å². The third kappa shape index (κ3) is 4.63. The molecule has 5 rings (SSSR count). The summed E-state index contributed by atoms with van der Waals surface area (Å²) in [5, 5.41) is 9.70. The minimum Gasteiger partial charge on any atom is -0.351 e. The van der Waals surface area contributed by atoms with Crippen molar-refractivity contribution in [1.82, 2.24) is 24.6 Å². The quantitative estimate of drug-likeness (QED) is 0.375. The van der Waals surface area contributed by atoms with E-state index in [4.69, 9.17) is 4.98 Å². The molecular weight excluding hydrogens is 442 g/mol. The lowest BCUT2D eigenvalue weighted by atomic mass is 10.1. The van der Waals surface area contributed by atoms with Gasteiger partial charge in [-0.25, -0.2) is 4.98 Å². The number of anilines is 2. The van der Waals surface area contributed by atoms with Crippen LogP contribution in [0.2, 0.25) is 0 Å². The van der Waals surface area contributed by atoms with Crippen LogP contribution >= 0.6 is 0 Å². The van der Waals surface area contributed by atoms with Gasteiger partial charge >= 0.3 is 0 Å². The molecule has 2 aromatic carbocycles. The number of rotatable bonds is 8. The van der Waals surface area contributed by atoms with E-state index in [1.807, 2.05) is 66.0 Å². The molecule has 2 N–H and O–H groups in total. The number of likely N-dealkylation sites (N-methyl/N-ethyl adjacent to an activating group) is 1. The molecule has 35 heavy (non-hydrogen) atoms. The zero-order valence-electron chi connectivity index (χ0n) is 19.7. The molecule has 1 aliphatic carbocycles. The van der Waals surface area contributed by atoms with Gasteiger partial charge in [0.15, 0.2) is 5.65 Å². The highest BCUT2D eigenvalue weighted by Gasteiger charge is 2.24. The van der Waals surface area contributed by atoms with Crippen LogP contribution < -0.4 is 10.6 Å². The summed E-state index contributed by atoms with van der Waals surface area (Å²) >= 11 is 0. The Morgan fingerprint density at radius 3 is 2.80 bits per heavy atom. The van der Waals surface area contributed by atoms with E-state index in [1.54, 1.807) is 12.4 Å². The number of aryl methyl sites for hydroxylation is 1. The largest absolute Gasteiger partial charge is 0.351 e. The maximum Gasteiger partial charge on any atom is 0.251 e. The number of fused-ring (bicyclic) bond motifs is 2. The maximum absolute atomic E-state index is 12.5. The predicted octanol–water partition coefficient (Wildman–Crippen LogP) is 4.19. The average molecular weight is 470 g/mol. The van der Waals surface area contributed by atoms with Gasteiger partial charge in [-0.3, -0.25) is 14.2 Å². The number of amides is 1. The summed E-state index contributed by atoms with van der Waals surface area (Å²) in [6, 6.07) is 13.2. The normalized spacial score (nSPS) is 14.8. The fourth-order valence-electron chi connectivity index (χ4n) is 4.42. The third-order valence-corrected chi connectivity index (χ3v) is 6.27. The Morgan fingerprint density at radius 2 is 2.03 bits per heavy atom. The third-order valence-electron chi connectivity index (χ3n) is 6.27. The summed E-state index contributed by atoms with van der Waals surface area (Å²) < 4.78 is 1.95. The van der Waals surface area contributed by atoms with E-state index in [1.165, 1.54) is 0 Å². The van der Waals surface area contributed by atoms with Gasteiger partial charge in [0.1, 0.15) is 17.6 Å². The summed E-state index contributed by atoms with van der Waals surface area (Å²) in [6.45, 7) is 1.37. The van der Waals surface area contributed by atoms with E-state index in [0.29, 0.717) is 17.8 Å². The van der Waals surface area contributed by atoms with E-state index in [-0.39, 0.29) is 11.9 Å². The molecular formula is C26H27N7O2. The van der Waals surface area contributed by atoms with E-state index >= 15 is 0 Å². The molecule has 1 amide bonds. The highest BCUT2D eigenvalue weighted by Crippen LogP contribution is 2.37. The molecule has 0 saturated heterocycles. The van der Waals surface area contributed by atoms with Crippen molar-refractivity contribution in [2.24, 2.45) is 5.18 Å². The van der Waals surface area contributed by atoms with Crippen LogP contribution in [0, 0.1) is 4.91 Å². The molecule has 1 aliphatic rings. The second-order valence-corrected chi connectivity index (χ2v) is 8.95. The first kappa shape index (κ1) is 22.7. The standard InChI is InChI=1S/C26H27N7O2/c1-32(2)13-12-28-26(34)18-5-3-17(4-6-18)24-25(33-14-11-27-16-23(33)30-24)29-20-8-9-21-19(15-20)7-10-22(21)31-35/h3-6,8-9,11,14-16,22,29H,7,10,12-13H2,1-2H3,(H,28,34). The summed E-state index contributed by atoms with van der Waals surface area (Å²) in [5.74, 6) is 0.700. The monoisotopic (exact) mass is 469 g/mol. The van der Waals surface area contributed by atoms with E-state index in [0.717, 1.165) is 53.3 Å². The van der Waals surface area contributed by atoms with Crippen molar-refractivity contribution in [1.29, 1.82) is 0 Å². The number of carbonyl (C=O) groups is 1. The van der Waals surface area contributed by atoms with E-state index < -0.39 is 0 Å². The van der Waals surface area contributed by atoms with Crippen molar-refractivity contribution in [3.05, 3.63) is 82.7 Å². The first-order valence-electron chi connectivity index (χ1n) is 11.6. The van der Waals surface area contributed by atoms with Crippen LogP contribution in [0.25, 0.3) is 16.9 Å². The predicted molar refractivity (Wildman–Crippen MR) is 136 cm³/mol. The van der Waals surface area contributed by atoms with Crippen molar-refractivity contribution < 1.29 is 4.79 Å². The van der Waals surface area contributed by atoms with E-state index in [9.17, 15) is 9.70 Å². The second-order valence-electron chi connectivity index (χ2n) is 8.95. The minimum atomic E-state index is -0.255. The number of hydrogen-bond acceptors (Lipinski definition) is 7. The average Bonchev–Trinajstić information content (AvgIpc) is 3.45. The first-order chi connectivity index (χ1) is 17.0. The van der Waals surface area contributed by atoms with Crippen LogP contribution in [0.4, 0.5) is 11.5 Å². The molecule has 9 nitrogen and oxygen atoms in total. The number of benzene rings is 2. The Morgan fingerprint density at radius 1 is 1.20 bits per heavy atom. The highest BCUT2D eigenvalue weighted by atomic mass is 16.3. The topological polar surface area (TPSA) is 104 Å². The Bertz CT molecular complexity index is 1380. The van der Waals surface area contributed by atoms with Crippen LogP contribution in [0.1, 0.15) is 33.9 Å². The molecule has 9 heteroatoms. The molecule has 2 aromatic heterocycles. The molecule has 0 spiro atoms. The Kier molecular flexibility index (Phi) is 6.24. The number of aromatic nitrogens is 3. The van der Waals surface area contributed by atoms with Crippen LogP contribution in [-0.2, 0) is 6.42 Å². The van der Waals surface area contributed by atoms with Crippen molar-refractivity contribution in [3.63, 3.8) is 0 Å². The lowest BCUT2D eigenvalue weighted by molar-refractivity contribution is 0.0951. The fraction of sp³-hybridized carbons (Fsp3) is 0.269.